The average molecular weight is 473 g/mol. The summed E-state index contributed by atoms with van der Waals surface area (Å²) in [5.74, 6) is 0.0952. The van der Waals surface area contributed by atoms with Crippen LogP contribution < -0.4 is 5.32 Å². The molecule has 0 spiro atoms. The van der Waals surface area contributed by atoms with Crippen molar-refractivity contribution in [3.05, 3.63) is 85.5 Å². The molecule has 1 N–H and O–H groups in total. The molecular weight excluding hydrogens is 462 g/mol. The van der Waals surface area contributed by atoms with Crippen LogP contribution in [0.15, 0.2) is 69.1 Å². The lowest BCUT2D eigenvalue weighted by molar-refractivity contribution is -0.384. The van der Waals surface area contributed by atoms with Gasteiger partial charge in [0.05, 0.1) is 4.92 Å². The second kappa shape index (κ2) is 8.73. The van der Waals surface area contributed by atoms with E-state index >= 15 is 0 Å². The maximum Gasteiger partial charge on any atom is 0.270 e. The summed E-state index contributed by atoms with van der Waals surface area (Å²) in [5, 5.41) is 23.2. The van der Waals surface area contributed by atoms with Gasteiger partial charge >= 0.3 is 0 Å². The molecule has 1 heterocycles. The molecule has 0 aliphatic carbocycles. The monoisotopic (exact) mass is 471 g/mol. The number of hydrogen-bond acceptors (Lipinski definition) is 5. The number of nitro benzene ring substituents is 1. The Morgan fingerprint density at radius 3 is 2.69 bits per heavy atom. The van der Waals surface area contributed by atoms with Gasteiger partial charge in [-0.2, -0.15) is 5.26 Å². The lowest BCUT2D eigenvalue weighted by Crippen LogP contribution is -2.13. The number of anilines is 1. The van der Waals surface area contributed by atoms with Gasteiger partial charge in [-0.15, -0.1) is 0 Å². The largest absolute Gasteiger partial charge is 0.457 e. The van der Waals surface area contributed by atoms with E-state index < -0.39 is 10.8 Å². The Morgan fingerprint density at radius 1 is 1.24 bits per heavy atom. The van der Waals surface area contributed by atoms with Gasteiger partial charge in [-0.3, -0.25) is 14.9 Å². The summed E-state index contributed by atoms with van der Waals surface area (Å²) in [4.78, 5) is 22.7. The number of nitrogens with zero attached hydrogens (tertiary/aromatic N) is 2. The molecule has 0 radical (unpaired) electrons. The van der Waals surface area contributed by atoms with Crippen molar-refractivity contribution in [1.29, 1.82) is 5.26 Å². The Labute approximate surface area is 178 Å². The van der Waals surface area contributed by atoms with Crippen molar-refractivity contribution in [1.82, 2.24) is 0 Å². The van der Waals surface area contributed by atoms with Crippen LogP contribution in [0.5, 0.6) is 0 Å². The first kappa shape index (κ1) is 20.3. The number of nitro groups is 1. The number of amides is 1. The van der Waals surface area contributed by atoms with Crippen LogP contribution in [-0.2, 0) is 4.79 Å². The zero-order chi connectivity index (χ0) is 21.0. The van der Waals surface area contributed by atoms with E-state index in [-0.39, 0.29) is 17.0 Å². The molecule has 1 amide bonds. The molecule has 0 bridgehead atoms. The van der Waals surface area contributed by atoms with E-state index in [1.807, 2.05) is 6.07 Å². The molecule has 0 aliphatic heterocycles. The zero-order valence-corrected chi connectivity index (χ0v) is 16.9. The molecule has 1 aromatic heterocycles. The number of non-ortho nitro benzene ring substituents is 1. The first-order valence-corrected chi connectivity index (χ1v) is 9.27. The van der Waals surface area contributed by atoms with Gasteiger partial charge in [0.2, 0.25) is 0 Å². The van der Waals surface area contributed by atoms with Crippen molar-refractivity contribution >= 4 is 50.9 Å². The van der Waals surface area contributed by atoms with E-state index in [0.717, 1.165) is 0 Å². The zero-order valence-electron chi connectivity index (χ0n) is 14.6. The van der Waals surface area contributed by atoms with Gasteiger partial charge in [0.15, 0.2) is 0 Å². The molecule has 7 nitrogen and oxygen atoms in total. The second-order valence-corrected chi connectivity index (χ2v) is 7.05. The number of carbonyl (C=O) groups excluding carboxylic acids is 1. The van der Waals surface area contributed by atoms with E-state index in [1.54, 1.807) is 42.5 Å². The summed E-state index contributed by atoms with van der Waals surface area (Å²) in [6.07, 6.45) is 1.31. The molecule has 9 heteroatoms. The Kier molecular flexibility index (Phi) is 6.12. The number of carbonyl (C=O) groups is 1. The standard InChI is InChI=1S/C20H11BrClN3O4/c21-18-10-15(25(27)28)4-6-17(18)19-7-5-16(29-19)8-12(11-23)20(26)24-14-3-1-2-13(22)9-14/h1-10H,(H,24,26)/b12-8+. The predicted octanol–water partition coefficient (Wildman–Crippen LogP) is 5.82. The third-order valence-corrected chi connectivity index (χ3v) is 4.68. The summed E-state index contributed by atoms with van der Waals surface area (Å²) in [7, 11) is 0. The number of benzene rings is 2. The molecule has 144 valence electrons. The summed E-state index contributed by atoms with van der Waals surface area (Å²) >= 11 is 9.17. The minimum absolute atomic E-state index is 0.0586. The van der Waals surface area contributed by atoms with Crippen molar-refractivity contribution in [2.75, 3.05) is 5.32 Å². The van der Waals surface area contributed by atoms with Gasteiger partial charge in [0.25, 0.3) is 11.6 Å². The highest BCUT2D eigenvalue weighted by atomic mass is 79.9. The second-order valence-electron chi connectivity index (χ2n) is 5.76. The molecule has 0 aliphatic rings. The van der Waals surface area contributed by atoms with Crippen molar-refractivity contribution in [2.24, 2.45) is 0 Å². The molecule has 3 rings (SSSR count). The van der Waals surface area contributed by atoms with Crippen LogP contribution in [0.25, 0.3) is 17.4 Å². The van der Waals surface area contributed by atoms with Crippen LogP contribution in [0, 0.1) is 21.4 Å². The Bertz CT molecular complexity index is 1180. The summed E-state index contributed by atoms with van der Waals surface area (Å²) < 4.78 is 6.16. The molecule has 0 fully saturated rings. The van der Waals surface area contributed by atoms with Gasteiger partial charge in [0.1, 0.15) is 23.2 Å². The Balaban J connectivity index is 1.83. The summed E-state index contributed by atoms with van der Waals surface area (Å²) in [5.41, 5.74) is 0.834. The number of furan rings is 1. The summed E-state index contributed by atoms with van der Waals surface area (Å²) in [6.45, 7) is 0. The first-order valence-electron chi connectivity index (χ1n) is 8.10. The number of hydrogen-bond donors (Lipinski definition) is 1. The van der Waals surface area contributed by atoms with E-state index in [4.69, 9.17) is 16.0 Å². The van der Waals surface area contributed by atoms with Gasteiger partial charge in [-0.1, -0.05) is 17.7 Å². The Morgan fingerprint density at radius 2 is 2.03 bits per heavy atom. The third kappa shape index (κ3) is 4.90. The predicted molar refractivity (Wildman–Crippen MR) is 112 cm³/mol. The van der Waals surface area contributed by atoms with Gasteiger partial charge in [-0.05, 0) is 52.3 Å². The highest BCUT2D eigenvalue weighted by Gasteiger charge is 2.15. The maximum absolute atomic E-state index is 12.3. The number of nitrogens with one attached hydrogen (secondary N) is 1. The number of halogens is 2. The van der Waals surface area contributed by atoms with Crippen LogP contribution in [0.1, 0.15) is 5.76 Å². The van der Waals surface area contributed by atoms with Crippen LogP contribution in [0.4, 0.5) is 11.4 Å². The molecule has 3 aromatic rings. The van der Waals surface area contributed by atoms with Crippen molar-refractivity contribution in [3.8, 4) is 17.4 Å². The van der Waals surface area contributed by atoms with Gasteiger partial charge < -0.3 is 9.73 Å². The fourth-order valence-corrected chi connectivity index (χ4v) is 3.20. The average Bonchev–Trinajstić information content (AvgIpc) is 3.14. The molecule has 0 saturated heterocycles. The van der Waals surface area contributed by atoms with E-state index in [2.05, 4.69) is 21.2 Å². The van der Waals surface area contributed by atoms with E-state index in [0.29, 0.717) is 26.5 Å². The minimum atomic E-state index is -0.607. The fraction of sp³-hybridized carbons (Fsp3) is 0. The molecule has 0 atom stereocenters. The molecule has 0 unspecified atom stereocenters. The SMILES string of the molecule is N#C/C(=C\c1ccc(-c2ccc([N+](=O)[O-])cc2Br)o1)C(=O)Nc1cccc(Cl)c1. The molecular formula is C20H11BrClN3O4. The molecule has 0 saturated carbocycles. The topological polar surface area (TPSA) is 109 Å². The molecule has 2 aromatic carbocycles. The van der Waals surface area contributed by atoms with E-state index in [1.165, 1.54) is 18.2 Å². The fourth-order valence-electron chi connectivity index (χ4n) is 2.45. The smallest absolute Gasteiger partial charge is 0.270 e. The first-order chi connectivity index (χ1) is 13.9. The lowest BCUT2D eigenvalue weighted by Gasteiger charge is -2.04. The van der Waals surface area contributed by atoms with Crippen LogP contribution in [-0.4, -0.2) is 10.8 Å². The highest BCUT2D eigenvalue weighted by molar-refractivity contribution is 9.10. The minimum Gasteiger partial charge on any atom is -0.457 e. The molecule has 29 heavy (non-hydrogen) atoms. The van der Waals surface area contributed by atoms with Crippen LogP contribution in [0.3, 0.4) is 0 Å². The highest BCUT2D eigenvalue weighted by Crippen LogP contribution is 2.33. The maximum atomic E-state index is 12.3. The summed E-state index contributed by atoms with van der Waals surface area (Å²) in [6, 6.07) is 15.9. The van der Waals surface area contributed by atoms with Gasteiger partial charge in [0, 0.05) is 39.0 Å². The lowest BCUT2D eigenvalue weighted by atomic mass is 10.1. The normalized spacial score (nSPS) is 11.0. The van der Waals surface area contributed by atoms with Crippen LogP contribution >= 0.6 is 27.5 Å². The van der Waals surface area contributed by atoms with Crippen molar-refractivity contribution < 1.29 is 14.1 Å². The van der Waals surface area contributed by atoms with E-state index in [9.17, 15) is 20.2 Å². The van der Waals surface area contributed by atoms with Crippen molar-refractivity contribution in [3.63, 3.8) is 0 Å². The third-order valence-electron chi connectivity index (χ3n) is 3.79. The quantitative estimate of drug-likeness (QED) is 0.218. The van der Waals surface area contributed by atoms with Crippen LogP contribution in [0.2, 0.25) is 5.02 Å². The number of rotatable bonds is 5. The number of nitriles is 1. The van der Waals surface area contributed by atoms with Crippen molar-refractivity contribution in [2.45, 2.75) is 0 Å². The van der Waals surface area contributed by atoms with Gasteiger partial charge in [-0.25, -0.2) is 0 Å². The Hall–Kier alpha value is -3.41.